The number of nitrogens with zero attached hydrogens (tertiary/aromatic N) is 1. The molecule has 3 nitrogen and oxygen atoms in total. The number of hydrogen-bond acceptors (Lipinski definition) is 2. The summed E-state index contributed by atoms with van der Waals surface area (Å²) in [6.45, 7) is 1.94. The number of aromatic carboxylic acids is 1. The molecule has 0 saturated heterocycles. The number of pyridine rings is 1. The van der Waals surface area contributed by atoms with E-state index in [0.717, 1.165) is 21.1 Å². The van der Waals surface area contributed by atoms with E-state index in [1.54, 1.807) is 12.1 Å². The normalized spacial score (nSPS) is 10.8. The van der Waals surface area contributed by atoms with Gasteiger partial charge in [0.2, 0.25) is 0 Å². The third-order valence-corrected chi connectivity index (χ3v) is 3.94. The van der Waals surface area contributed by atoms with Gasteiger partial charge in [-0.15, -0.1) is 0 Å². The zero-order valence-electron chi connectivity index (χ0n) is 11.3. The highest BCUT2D eigenvalue weighted by Gasteiger charge is 2.13. The number of halogens is 1. The molecule has 0 radical (unpaired) electrons. The average Bonchev–Trinajstić information content (AvgIpc) is 2.47. The minimum Gasteiger partial charge on any atom is -0.478 e. The number of carboxylic acids is 1. The third-order valence-electron chi connectivity index (χ3n) is 3.41. The summed E-state index contributed by atoms with van der Waals surface area (Å²) in [6, 6.07) is 14.9. The smallest absolute Gasteiger partial charge is 0.336 e. The summed E-state index contributed by atoms with van der Waals surface area (Å²) in [6.07, 6.45) is 0. The standard InChI is InChI=1S/C17H12BrNO2/c1-10-3-2-4-13-14(17(20)21)9-15(19-16(10)13)11-5-7-12(18)8-6-11/h2-9H,1H3,(H,20,21). The molecule has 1 N–H and O–H groups in total. The molecule has 3 aromatic rings. The lowest BCUT2D eigenvalue weighted by atomic mass is 10.0. The molecule has 0 unspecified atom stereocenters. The Hall–Kier alpha value is -2.20. The first-order chi connectivity index (χ1) is 10.1. The molecule has 2 aromatic carbocycles. The van der Waals surface area contributed by atoms with Crippen LogP contribution in [0, 0.1) is 6.92 Å². The largest absolute Gasteiger partial charge is 0.478 e. The van der Waals surface area contributed by atoms with Gasteiger partial charge in [-0.2, -0.15) is 0 Å². The molecule has 0 spiro atoms. The van der Waals surface area contributed by atoms with Gasteiger partial charge in [0, 0.05) is 15.4 Å². The fourth-order valence-corrected chi connectivity index (χ4v) is 2.60. The predicted octanol–water partition coefficient (Wildman–Crippen LogP) is 4.67. The Labute approximate surface area is 130 Å². The Bertz CT molecular complexity index is 841. The molecule has 104 valence electrons. The van der Waals surface area contributed by atoms with E-state index in [2.05, 4.69) is 20.9 Å². The van der Waals surface area contributed by atoms with Crippen molar-refractivity contribution in [2.75, 3.05) is 0 Å². The molecular formula is C17H12BrNO2. The number of carbonyl (C=O) groups is 1. The first-order valence-electron chi connectivity index (χ1n) is 6.46. The van der Waals surface area contributed by atoms with Crippen LogP contribution in [0.4, 0.5) is 0 Å². The van der Waals surface area contributed by atoms with Crippen LogP contribution in [0.1, 0.15) is 15.9 Å². The maximum absolute atomic E-state index is 11.5. The molecule has 0 aliphatic heterocycles. The van der Waals surface area contributed by atoms with Gasteiger partial charge in [0.05, 0.1) is 16.8 Å². The Morgan fingerprint density at radius 1 is 1.14 bits per heavy atom. The van der Waals surface area contributed by atoms with Crippen LogP contribution in [0.15, 0.2) is 53.0 Å². The van der Waals surface area contributed by atoms with Crippen molar-refractivity contribution in [1.29, 1.82) is 0 Å². The van der Waals surface area contributed by atoms with Crippen LogP contribution < -0.4 is 0 Å². The summed E-state index contributed by atoms with van der Waals surface area (Å²) in [7, 11) is 0. The lowest BCUT2D eigenvalue weighted by molar-refractivity contribution is 0.0699. The molecule has 0 saturated carbocycles. The van der Waals surface area contributed by atoms with Crippen molar-refractivity contribution in [1.82, 2.24) is 4.98 Å². The number of aryl methyl sites for hydroxylation is 1. The zero-order valence-corrected chi connectivity index (χ0v) is 12.9. The molecule has 0 aliphatic rings. The summed E-state index contributed by atoms with van der Waals surface area (Å²) < 4.78 is 0.974. The monoisotopic (exact) mass is 341 g/mol. The topological polar surface area (TPSA) is 50.2 Å². The van der Waals surface area contributed by atoms with Crippen LogP contribution in [0.25, 0.3) is 22.2 Å². The summed E-state index contributed by atoms with van der Waals surface area (Å²) in [5.74, 6) is -0.939. The fraction of sp³-hybridized carbons (Fsp3) is 0.0588. The van der Waals surface area contributed by atoms with Crippen LogP contribution in [-0.2, 0) is 0 Å². The van der Waals surface area contributed by atoms with Gasteiger partial charge in [0.1, 0.15) is 0 Å². The van der Waals surface area contributed by atoms with E-state index in [1.165, 1.54) is 0 Å². The second kappa shape index (κ2) is 5.30. The maximum Gasteiger partial charge on any atom is 0.336 e. The molecule has 1 heterocycles. The second-order valence-electron chi connectivity index (χ2n) is 4.84. The number of aromatic nitrogens is 1. The number of fused-ring (bicyclic) bond motifs is 1. The van der Waals surface area contributed by atoms with E-state index in [4.69, 9.17) is 0 Å². The van der Waals surface area contributed by atoms with Gasteiger partial charge in [-0.1, -0.05) is 46.3 Å². The highest BCUT2D eigenvalue weighted by Crippen LogP contribution is 2.27. The number of para-hydroxylation sites is 1. The molecular weight excluding hydrogens is 330 g/mol. The molecule has 0 amide bonds. The highest BCUT2D eigenvalue weighted by molar-refractivity contribution is 9.10. The van der Waals surface area contributed by atoms with Gasteiger partial charge >= 0.3 is 5.97 Å². The number of rotatable bonds is 2. The van der Waals surface area contributed by atoms with Crippen molar-refractivity contribution < 1.29 is 9.90 Å². The Morgan fingerprint density at radius 3 is 2.52 bits per heavy atom. The van der Waals surface area contributed by atoms with Crippen molar-refractivity contribution in [2.45, 2.75) is 6.92 Å². The molecule has 0 fully saturated rings. The van der Waals surface area contributed by atoms with E-state index in [1.807, 2.05) is 43.3 Å². The van der Waals surface area contributed by atoms with Crippen LogP contribution in [0.5, 0.6) is 0 Å². The van der Waals surface area contributed by atoms with Crippen LogP contribution in [-0.4, -0.2) is 16.1 Å². The minimum atomic E-state index is -0.939. The minimum absolute atomic E-state index is 0.279. The van der Waals surface area contributed by atoms with E-state index >= 15 is 0 Å². The average molecular weight is 342 g/mol. The van der Waals surface area contributed by atoms with Crippen LogP contribution in [0.3, 0.4) is 0 Å². The molecule has 1 aromatic heterocycles. The highest BCUT2D eigenvalue weighted by atomic mass is 79.9. The second-order valence-corrected chi connectivity index (χ2v) is 5.75. The van der Waals surface area contributed by atoms with E-state index in [9.17, 15) is 9.90 Å². The Kier molecular flexibility index (Phi) is 3.47. The van der Waals surface area contributed by atoms with Gasteiger partial charge < -0.3 is 5.11 Å². The number of benzene rings is 2. The Balaban J connectivity index is 2.32. The third kappa shape index (κ3) is 2.54. The summed E-state index contributed by atoms with van der Waals surface area (Å²) in [4.78, 5) is 16.2. The number of hydrogen-bond donors (Lipinski definition) is 1. The Morgan fingerprint density at radius 2 is 1.86 bits per heavy atom. The summed E-state index contributed by atoms with van der Waals surface area (Å²) in [5, 5.41) is 10.1. The van der Waals surface area contributed by atoms with Gasteiger partial charge in [0.15, 0.2) is 0 Å². The molecule has 3 rings (SSSR count). The van der Waals surface area contributed by atoms with Gasteiger partial charge in [-0.3, -0.25) is 0 Å². The quantitative estimate of drug-likeness (QED) is 0.736. The van der Waals surface area contributed by atoms with E-state index in [0.29, 0.717) is 11.1 Å². The molecule has 21 heavy (non-hydrogen) atoms. The lowest BCUT2D eigenvalue weighted by Crippen LogP contribution is -2.01. The summed E-state index contributed by atoms with van der Waals surface area (Å²) >= 11 is 3.39. The van der Waals surface area contributed by atoms with Crippen LogP contribution in [0.2, 0.25) is 0 Å². The molecule has 0 bridgehead atoms. The lowest BCUT2D eigenvalue weighted by Gasteiger charge is -2.09. The van der Waals surface area contributed by atoms with Crippen molar-refractivity contribution in [2.24, 2.45) is 0 Å². The molecule has 0 aliphatic carbocycles. The first kappa shape index (κ1) is 13.8. The van der Waals surface area contributed by atoms with E-state index in [-0.39, 0.29) is 5.56 Å². The first-order valence-corrected chi connectivity index (χ1v) is 7.25. The summed E-state index contributed by atoms with van der Waals surface area (Å²) in [5.41, 5.74) is 3.54. The van der Waals surface area contributed by atoms with Crippen molar-refractivity contribution >= 4 is 32.8 Å². The van der Waals surface area contributed by atoms with Crippen molar-refractivity contribution in [3.8, 4) is 11.3 Å². The number of carboxylic acid groups (broad SMARTS) is 1. The maximum atomic E-state index is 11.5. The van der Waals surface area contributed by atoms with Gasteiger partial charge in [-0.05, 0) is 30.7 Å². The van der Waals surface area contributed by atoms with Gasteiger partial charge in [-0.25, -0.2) is 9.78 Å². The fourth-order valence-electron chi connectivity index (χ4n) is 2.34. The van der Waals surface area contributed by atoms with Crippen molar-refractivity contribution in [3.05, 3.63) is 64.1 Å². The van der Waals surface area contributed by atoms with Crippen LogP contribution >= 0.6 is 15.9 Å². The van der Waals surface area contributed by atoms with E-state index < -0.39 is 5.97 Å². The molecule has 0 atom stereocenters. The zero-order chi connectivity index (χ0) is 15.0. The van der Waals surface area contributed by atoms with Gasteiger partial charge in [0.25, 0.3) is 0 Å². The van der Waals surface area contributed by atoms with Crippen molar-refractivity contribution in [3.63, 3.8) is 0 Å². The SMILES string of the molecule is Cc1cccc2c(C(=O)O)cc(-c3ccc(Br)cc3)nc12. The molecule has 4 heteroatoms. The predicted molar refractivity (Wildman–Crippen MR) is 86.6 cm³/mol.